The molecule has 11 atom stereocenters. The highest BCUT2D eigenvalue weighted by atomic mass is 31.2. The Labute approximate surface area is 460 Å². The van der Waals surface area contributed by atoms with Gasteiger partial charge < -0.3 is 75.0 Å². The van der Waals surface area contributed by atoms with Gasteiger partial charge in [-0.3, -0.25) is 27.5 Å². The SMILES string of the molecule is CC(C)CCOC[C@H](NC(=O)OCc1ccc(NC(=O)Cc2ccc(F)cc2)cc1)C(=O)O[C@@H]1[C@@H](COP(=O)(O)O[C@H]2[C@@H](OC3CCCO3)[C@H](n3ccc(N)nc3=O)O[C@]2(C)COP(=O)(O)O)OC(n2cnc3c(N)ncnc32)[C@@H]1O. The second-order valence-electron chi connectivity index (χ2n) is 19.6. The van der Waals surface area contributed by atoms with Gasteiger partial charge in [0, 0.05) is 31.5 Å². The summed E-state index contributed by atoms with van der Waals surface area (Å²) in [6.45, 7) is 2.67. The molecule has 2 aromatic carbocycles. The van der Waals surface area contributed by atoms with Gasteiger partial charge >= 0.3 is 33.4 Å². The molecular weight excluding hydrogens is 1120 g/mol. The highest BCUT2D eigenvalue weighted by Gasteiger charge is 2.59. The molecule has 30 nitrogen and oxygen atoms in total. The maximum Gasteiger partial charge on any atom is 0.472 e. The quantitative estimate of drug-likeness (QED) is 0.0236. The molecule has 10 N–H and O–H groups in total. The van der Waals surface area contributed by atoms with Crippen LogP contribution in [0.25, 0.3) is 11.2 Å². The fraction of sp³-hybridized carbons (Fsp3) is 0.500. The average Bonchev–Trinajstić information content (AvgIpc) is 4.24. The van der Waals surface area contributed by atoms with E-state index < -0.39 is 120 Å². The lowest BCUT2D eigenvalue weighted by Crippen LogP contribution is -2.49. The summed E-state index contributed by atoms with van der Waals surface area (Å²) in [6.07, 6.45) is -9.13. The van der Waals surface area contributed by atoms with Crippen molar-refractivity contribution < 1.29 is 94.4 Å². The van der Waals surface area contributed by atoms with Crippen molar-refractivity contribution in [3.05, 3.63) is 101 Å². The zero-order valence-corrected chi connectivity index (χ0v) is 45.5. The number of halogens is 1. The number of nitrogens with zero attached hydrogens (tertiary/aromatic N) is 6. The number of nitrogens with one attached hydrogen (secondary N) is 2. The van der Waals surface area contributed by atoms with Crippen LogP contribution in [0.3, 0.4) is 0 Å². The number of ether oxygens (including phenoxy) is 7. The molecule has 8 rings (SSSR count). The Balaban J connectivity index is 1.00. The Bertz CT molecular complexity index is 3150. The number of nitrogen functional groups attached to an aromatic ring is 2. The Morgan fingerprint density at radius 1 is 0.963 bits per heavy atom. The molecule has 3 unspecified atom stereocenters. The van der Waals surface area contributed by atoms with E-state index in [1.54, 1.807) is 24.3 Å². The number of rotatable bonds is 25. The molecule has 0 aliphatic carbocycles. The second-order valence-corrected chi connectivity index (χ2v) is 22.2. The minimum atomic E-state index is -5.54. The third-order valence-electron chi connectivity index (χ3n) is 12.9. The highest BCUT2D eigenvalue weighted by molar-refractivity contribution is 7.47. The van der Waals surface area contributed by atoms with Crippen LogP contribution in [0.1, 0.15) is 63.6 Å². The second kappa shape index (κ2) is 26.2. The van der Waals surface area contributed by atoms with Crippen molar-refractivity contribution in [1.29, 1.82) is 0 Å². The van der Waals surface area contributed by atoms with E-state index in [4.69, 9.17) is 58.2 Å². The first-order valence-electron chi connectivity index (χ1n) is 25.2. The van der Waals surface area contributed by atoms with E-state index in [2.05, 4.69) is 30.6 Å². The van der Waals surface area contributed by atoms with Crippen LogP contribution in [0.2, 0.25) is 0 Å². The lowest BCUT2D eigenvalue weighted by molar-refractivity contribution is -0.182. The molecule has 440 valence electrons. The van der Waals surface area contributed by atoms with Gasteiger partial charge in [-0.05, 0) is 67.1 Å². The lowest BCUT2D eigenvalue weighted by Gasteiger charge is -2.33. The molecule has 3 aliphatic heterocycles. The summed E-state index contributed by atoms with van der Waals surface area (Å²) < 4.78 is 99.1. The average molecular weight is 1180 g/mol. The van der Waals surface area contributed by atoms with Crippen LogP contribution in [0.5, 0.6) is 0 Å². The van der Waals surface area contributed by atoms with Crippen LogP contribution >= 0.6 is 15.6 Å². The number of hydrogen-bond donors (Lipinski definition) is 8. The number of carbonyl (C=O) groups excluding carboxylic acids is 3. The fourth-order valence-corrected chi connectivity index (χ4v) is 10.2. The number of alkyl carbamates (subject to hydrolysis) is 1. The number of carbonyl (C=O) groups is 3. The van der Waals surface area contributed by atoms with Crippen LogP contribution < -0.4 is 27.8 Å². The molecule has 3 aromatic heterocycles. The summed E-state index contributed by atoms with van der Waals surface area (Å²) in [5, 5.41) is 17.1. The Morgan fingerprint density at radius 3 is 2.40 bits per heavy atom. The van der Waals surface area contributed by atoms with Crippen LogP contribution in [0, 0.1) is 11.7 Å². The van der Waals surface area contributed by atoms with Crippen LogP contribution in [0.4, 0.5) is 26.5 Å². The first-order valence-corrected chi connectivity index (χ1v) is 28.2. The number of amides is 2. The number of phosphoric acid groups is 2. The van der Waals surface area contributed by atoms with Crippen LogP contribution in [0.15, 0.2) is 78.2 Å². The Morgan fingerprint density at radius 2 is 1.70 bits per heavy atom. The van der Waals surface area contributed by atoms with Crippen molar-refractivity contribution >= 4 is 62.1 Å². The molecule has 5 aromatic rings. The Kier molecular flexibility index (Phi) is 19.6. The number of aliphatic hydroxyl groups excluding tert-OH is 1. The van der Waals surface area contributed by atoms with Gasteiger partial charge in [-0.1, -0.05) is 38.1 Å². The summed E-state index contributed by atoms with van der Waals surface area (Å²) in [7, 11) is -10.8. The third-order valence-corrected chi connectivity index (χ3v) is 14.3. The maximum atomic E-state index is 14.3. The van der Waals surface area contributed by atoms with Crippen LogP contribution in [-0.2, 0) is 78.5 Å². The minimum Gasteiger partial charge on any atom is -0.455 e. The minimum absolute atomic E-state index is 0.00419. The van der Waals surface area contributed by atoms with E-state index in [0.717, 1.165) is 10.9 Å². The topological polar surface area (TPSA) is 413 Å². The molecule has 0 radical (unpaired) electrons. The van der Waals surface area contributed by atoms with Gasteiger partial charge in [-0.2, -0.15) is 4.98 Å². The molecule has 33 heteroatoms. The summed E-state index contributed by atoms with van der Waals surface area (Å²) >= 11 is 0. The largest absolute Gasteiger partial charge is 0.472 e. The van der Waals surface area contributed by atoms with Crippen molar-refractivity contribution in [2.45, 2.75) is 114 Å². The number of phosphoric ester groups is 2. The smallest absolute Gasteiger partial charge is 0.455 e. The molecule has 81 heavy (non-hydrogen) atoms. The van der Waals surface area contributed by atoms with E-state index in [0.29, 0.717) is 36.1 Å². The van der Waals surface area contributed by atoms with E-state index in [1.807, 2.05) is 13.8 Å². The van der Waals surface area contributed by atoms with Crippen LogP contribution in [-0.4, -0.2) is 148 Å². The number of fused-ring (bicyclic) bond motifs is 1. The summed E-state index contributed by atoms with van der Waals surface area (Å²) in [6, 6.07) is 11.4. The zero-order valence-electron chi connectivity index (χ0n) is 43.7. The molecule has 3 aliphatic rings. The summed E-state index contributed by atoms with van der Waals surface area (Å²) in [4.78, 5) is 100. The van der Waals surface area contributed by atoms with Gasteiger partial charge in [0.15, 0.2) is 42.4 Å². The molecule has 6 heterocycles. The van der Waals surface area contributed by atoms with E-state index >= 15 is 0 Å². The number of nitrogens with two attached hydrogens (primary N) is 2. The number of esters is 1. The van der Waals surface area contributed by atoms with Gasteiger partial charge in [-0.25, -0.2) is 42.9 Å². The number of aliphatic hydroxyl groups is 1. The first kappa shape index (κ1) is 60.7. The normalized spacial score (nSPS) is 25.0. The zero-order chi connectivity index (χ0) is 58.2. The van der Waals surface area contributed by atoms with Crippen molar-refractivity contribution in [3.8, 4) is 0 Å². The van der Waals surface area contributed by atoms with Gasteiger partial charge in [0.05, 0.1) is 32.6 Å². The maximum absolute atomic E-state index is 14.3. The Hall–Kier alpha value is -6.41. The predicted molar refractivity (Wildman–Crippen MR) is 276 cm³/mol. The summed E-state index contributed by atoms with van der Waals surface area (Å²) in [5.74, 6) is -2.00. The van der Waals surface area contributed by atoms with E-state index in [1.165, 1.54) is 54.3 Å². The third kappa shape index (κ3) is 16.0. The molecule has 3 saturated heterocycles. The molecule has 0 bridgehead atoms. The fourth-order valence-electron chi connectivity index (χ4n) is 8.75. The number of imidazole rings is 1. The highest BCUT2D eigenvalue weighted by Crippen LogP contribution is 2.54. The number of aromatic nitrogens is 6. The van der Waals surface area contributed by atoms with Crippen molar-refractivity contribution in [1.82, 2.24) is 34.4 Å². The standard InChI is InChI=1S/C48H61FN10O20P2/c1-26(2)15-18-70-21-31(56-47(64)72-20-28-8-12-30(13-9-28)55-34(60)19-27-6-10-29(49)11-7-27)45(62)77-38-32(75-43(37(38)61)59-25-54-36-41(51)52-24-53-42(36)59)22-73-81(68,69)79-40-39(76-35-5-4-17-71-35)44(58-16-14-33(50)57-46(58)63)78-48(40,3)23-74-80(65,66)67/h6-14,16,24-26,31-32,35,37-40,43-44,61H,4-5,15,17-23H2,1-3H3,(H,55,60)(H,56,64)(H,68,69)(H2,50,57,63)(H2,51,52,53)(H2,65,66,67)/t31-,32+,35?,37+,38+,39+,40-,43?,44+,48+/m0/s1. The van der Waals surface area contributed by atoms with Crippen molar-refractivity contribution in [3.63, 3.8) is 0 Å². The van der Waals surface area contributed by atoms with E-state index in [-0.39, 0.29) is 60.9 Å². The van der Waals surface area contributed by atoms with E-state index in [9.17, 15) is 52.5 Å². The van der Waals surface area contributed by atoms with Gasteiger partial charge in [0.25, 0.3) is 0 Å². The summed E-state index contributed by atoms with van der Waals surface area (Å²) in [5.41, 5.74) is 10.3. The predicted octanol–water partition coefficient (Wildman–Crippen LogP) is 2.52. The first-order chi connectivity index (χ1) is 38.4. The molecular formula is C48H61FN10O20P2. The number of hydrogen-bond acceptors (Lipinski definition) is 23. The number of benzene rings is 2. The molecule has 2 amide bonds. The van der Waals surface area contributed by atoms with Gasteiger partial charge in [0.1, 0.15) is 60.1 Å². The molecule has 3 fully saturated rings. The molecule has 0 saturated carbocycles. The number of anilines is 3. The monoisotopic (exact) mass is 1180 g/mol. The van der Waals surface area contributed by atoms with Crippen molar-refractivity contribution in [2.24, 2.45) is 5.92 Å². The van der Waals surface area contributed by atoms with Crippen molar-refractivity contribution in [2.75, 3.05) is 49.8 Å². The van der Waals surface area contributed by atoms with Gasteiger partial charge in [0.2, 0.25) is 5.91 Å². The molecule has 0 spiro atoms. The van der Waals surface area contributed by atoms with Gasteiger partial charge in [-0.15, -0.1) is 0 Å². The lowest BCUT2D eigenvalue weighted by atomic mass is 9.98.